The van der Waals surface area contributed by atoms with E-state index in [0.717, 1.165) is 16.9 Å². The van der Waals surface area contributed by atoms with Gasteiger partial charge in [0.25, 0.3) is 0 Å². The van der Waals surface area contributed by atoms with E-state index in [4.69, 9.17) is 18.9 Å². The molecule has 0 fully saturated rings. The molecule has 1 N–H and O–H groups in total. The van der Waals surface area contributed by atoms with Crippen molar-refractivity contribution in [2.75, 3.05) is 26.3 Å². The minimum absolute atomic E-state index is 0.142. The molecule has 1 aliphatic rings. The van der Waals surface area contributed by atoms with Crippen molar-refractivity contribution in [2.45, 2.75) is 13.3 Å². The van der Waals surface area contributed by atoms with Crippen LogP contribution in [0, 0.1) is 6.92 Å². The summed E-state index contributed by atoms with van der Waals surface area (Å²) in [7, 11) is 3.19. The number of carbonyl (C=O) groups excluding carboxylic acids is 1. The van der Waals surface area contributed by atoms with Crippen LogP contribution in [0.25, 0.3) is 0 Å². The Hall–Kier alpha value is -2.89. The number of rotatable bonds is 5. The van der Waals surface area contributed by atoms with E-state index in [1.54, 1.807) is 32.4 Å². The summed E-state index contributed by atoms with van der Waals surface area (Å²) in [5.41, 5.74) is 2.33. The first kappa shape index (κ1) is 16.0. The monoisotopic (exact) mass is 329 g/mol. The molecule has 0 atom stereocenters. The number of ether oxygens (including phenoxy) is 4. The fourth-order valence-electron chi connectivity index (χ4n) is 2.73. The molecule has 24 heavy (non-hydrogen) atoms. The number of fused-ring (bicyclic) bond motifs is 1. The largest absolute Gasteiger partial charge is 0.496 e. The quantitative estimate of drug-likeness (QED) is 0.913. The average molecular weight is 329 g/mol. The molecule has 3 rings (SSSR count). The molecule has 6 heteroatoms. The van der Waals surface area contributed by atoms with Crippen molar-refractivity contribution in [3.8, 4) is 23.0 Å². The summed E-state index contributed by atoms with van der Waals surface area (Å²) >= 11 is 0. The van der Waals surface area contributed by atoms with Crippen molar-refractivity contribution in [3.63, 3.8) is 0 Å². The third-order valence-corrected chi connectivity index (χ3v) is 3.87. The Bertz CT molecular complexity index is 772. The van der Waals surface area contributed by atoms with Gasteiger partial charge in [-0.05, 0) is 25.1 Å². The zero-order chi connectivity index (χ0) is 17.1. The predicted octanol–water partition coefficient (Wildman–Crippen LogP) is 2.92. The Morgan fingerprint density at radius 2 is 1.92 bits per heavy atom. The van der Waals surface area contributed by atoms with Crippen molar-refractivity contribution in [1.82, 2.24) is 0 Å². The van der Waals surface area contributed by atoms with Crippen LogP contribution in [0.1, 0.15) is 11.1 Å². The summed E-state index contributed by atoms with van der Waals surface area (Å²) in [5.74, 6) is 2.56. The van der Waals surface area contributed by atoms with Gasteiger partial charge in [-0.3, -0.25) is 4.79 Å². The highest BCUT2D eigenvalue weighted by Gasteiger charge is 2.16. The summed E-state index contributed by atoms with van der Waals surface area (Å²) in [4.78, 5) is 12.3. The Morgan fingerprint density at radius 1 is 1.12 bits per heavy atom. The van der Waals surface area contributed by atoms with Crippen molar-refractivity contribution < 1.29 is 23.7 Å². The first-order valence-electron chi connectivity index (χ1n) is 7.52. The third kappa shape index (κ3) is 3.08. The highest BCUT2D eigenvalue weighted by molar-refractivity contribution is 5.93. The van der Waals surface area contributed by atoms with Crippen LogP contribution >= 0.6 is 0 Å². The van der Waals surface area contributed by atoms with Crippen LogP contribution in [0.4, 0.5) is 5.69 Å². The molecule has 1 aliphatic heterocycles. The maximum absolute atomic E-state index is 12.3. The van der Waals surface area contributed by atoms with Crippen LogP contribution in [-0.4, -0.2) is 26.9 Å². The molecule has 1 amide bonds. The molecular weight excluding hydrogens is 310 g/mol. The van der Waals surface area contributed by atoms with Crippen molar-refractivity contribution in [1.29, 1.82) is 0 Å². The van der Waals surface area contributed by atoms with E-state index in [0.29, 0.717) is 22.9 Å². The molecule has 1 heterocycles. The predicted molar refractivity (Wildman–Crippen MR) is 89.2 cm³/mol. The van der Waals surface area contributed by atoms with Gasteiger partial charge in [0, 0.05) is 22.9 Å². The molecule has 0 aliphatic carbocycles. The molecule has 0 bridgehead atoms. The highest BCUT2D eigenvalue weighted by atomic mass is 16.7. The second-order valence-electron chi connectivity index (χ2n) is 5.38. The van der Waals surface area contributed by atoms with E-state index < -0.39 is 0 Å². The molecule has 0 radical (unpaired) electrons. The second kappa shape index (κ2) is 6.70. The minimum Gasteiger partial charge on any atom is -0.496 e. The number of methoxy groups -OCH3 is 2. The fourth-order valence-corrected chi connectivity index (χ4v) is 2.73. The van der Waals surface area contributed by atoms with Gasteiger partial charge < -0.3 is 24.3 Å². The summed E-state index contributed by atoms with van der Waals surface area (Å²) in [6, 6.07) is 8.97. The molecule has 2 aromatic carbocycles. The lowest BCUT2D eigenvalue weighted by Crippen LogP contribution is -2.15. The highest BCUT2D eigenvalue weighted by Crippen LogP contribution is 2.35. The van der Waals surface area contributed by atoms with E-state index in [2.05, 4.69) is 5.32 Å². The molecule has 126 valence electrons. The second-order valence-corrected chi connectivity index (χ2v) is 5.38. The number of hydrogen-bond donors (Lipinski definition) is 1. The van der Waals surface area contributed by atoms with Gasteiger partial charge in [-0.25, -0.2) is 0 Å². The number of amides is 1. The summed E-state index contributed by atoms with van der Waals surface area (Å²) < 4.78 is 21.3. The zero-order valence-electron chi connectivity index (χ0n) is 13.8. The normalized spacial score (nSPS) is 12.0. The standard InChI is InChI=1S/C18H19NO5/c1-11-14(21-2)6-4-12(18(11)22-3)8-17(20)19-13-5-7-15-16(9-13)24-10-23-15/h4-7,9H,8,10H2,1-3H3,(H,19,20). The summed E-state index contributed by atoms with van der Waals surface area (Å²) in [6.45, 7) is 2.10. The lowest BCUT2D eigenvalue weighted by Gasteiger charge is -2.14. The molecule has 0 saturated carbocycles. The Balaban J connectivity index is 1.74. The van der Waals surface area contributed by atoms with E-state index in [9.17, 15) is 4.79 Å². The summed E-state index contributed by atoms with van der Waals surface area (Å²) in [6.07, 6.45) is 0.197. The van der Waals surface area contributed by atoms with E-state index >= 15 is 0 Å². The van der Waals surface area contributed by atoms with Gasteiger partial charge in [0.15, 0.2) is 11.5 Å². The Kier molecular flexibility index (Phi) is 4.46. The van der Waals surface area contributed by atoms with E-state index in [-0.39, 0.29) is 19.1 Å². The first-order chi connectivity index (χ1) is 11.6. The number of hydrogen-bond acceptors (Lipinski definition) is 5. The SMILES string of the molecule is COc1ccc(CC(=O)Nc2ccc3c(c2)OCO3)c(OC)c1C. The van der Waals surface area contributed by atoms with Gasteiger partial charge in [0.2, 0.25) is 12.7 Å². The Labute approximate surface area is 140 Å². The van der Waals surface area contributed by atoms with E-state index in [1.165, 1.54) is 0 Å². The van der Waals surface area contributed by atoms with Gasteiger partial charge in [-0.15, -0.1) is 0 Å². The molecular formula is C18H19NO5. The minimum atomic E-state index is -0.142. The molecule has 0 spiro atoms. The lowest BCUT2D eigenvalue weighted by molar-refractivity contribution is -0.115. The van der Waals surface area contributed by atoms with Gasteiger partial charge >= 0.3 is 0 Å². The van der Waals surface area contributed by atoms with Crippen LogP contribution in [0.3, 0.4) is 0 Å². The lowest BCUT2D eigenvalue weighted by atomic mass is 10.1. The smallest absolute Gasteiger partial charge is 0.231 e. The first-order valence-corrected chi connectivity index (χ1v) is 7.52. The van der Waals surface area contributed by atoms with Crippen LogP contribution < -0.4 is 24.3 Å². The zero-order valence-corrected chi connectivity index (χ0v) is 13.8. The third-order valence-electron chi connectivity index (χ3n) is 3.87. The van der Waals surface area contributed by atoms with Crippen LogP contribution in [0.2, 0.25) is 0 Å². The van der Waals surface area contributed by atoms with E-state index in [1.807, 2.05) is 19.1 Å². The molecule has 0 saturated heterocycles. The van der Waals surface area contributed by atoms with Gasteiger partial charge in [0.1, 0.15) is 11.5 Å². The number of nitrogens with one attached hydrogen (secondary N) is 1. The van der Waals surface area contributed by atoms with Gasteiger partial charge in [-0.1, -0.05) is 6.07 Å². The maximum Gasteiger partial charge on any atom is 0.231 e. The average Bonchev–Trinajstić information content (AvgIpc) is 3.03. The molecule has 0 unspecified atom stereocenters. The van der Waals surface area contributed by atoms with Crippen molar-refractivity contribution in [3.05, 3.63) is 41.5 Å². The number of benzene rings is 2. The Morgan fingerprint density at radius 3 is 2.67 bits per heavy atom. The molecule has 6 nitrogen and oxygen atoms in total. The van der Waals surface area contributed by atoms with Gasteiger partial charge in [-0.2, -0.15) is 0 Å². The maximum atomic E-state index is 12.3. The van der Waals surface area contributed by atoms with Crippen molar-refractivity contribution >= 4 is 11.6 Å². The van der Waals surface area contributed by atoms with Crippen molar-refractivity contribution in [2.24, 2.45) is 0 Å². The van der Waals surface area contributed by atoms with Crippen LogP contribution in [-0.2, 0) is 11.2 Å². The molecule has 2 aromatic rings. The van der Waals surface area contributed by atoms with Crippen LogP contribution in [0.15, 0.2) is 30.3 Å². The van der Waals surface area contributed by atoms with Crippen LogP contribution in [0.5, 0.6) is 23.0 Å². The summed E-state index contributed by atoms with van der Waals surface area (Å²) in [5, 5.41) is 2.86. The van der Waals surface area contributed by atoms with Gasteiger partial charge in [0.05, 0.1) is 20.6 Å². The topological polar surface area (TPSA) is 66.0 Å². The molecule has 0 aromatic heterocycles. The number of anilines is 1. The fraction of sp³-hybridized carbons (Fsp3) is 0.278. The number of carbonyl (C=O) groups is 1.